The summed E-state index contributed by atoms with van der Waals surface area (Å²) in [5.41, 5.74) is 1.72. The van der Waals surface area contributed by atoms with Crippen molar-refractivity contribution in [3.05, 3.63) is 22.6 Å². The minimum absolute atomic E-state index is 0.167. The van der Waals surface area contributed by atoms with Crippen molar-refractivity contribution in [2.24, 2.45) is 5.92 Å². The molecule has 0 aliphatic heterocycles. The fourth-order valence-electron chi connectivity index (χ4n) is 2.39. The van der Waals surface area contributed by atoms with Crippen molar-refractivity contribution >= 4 is 38.7 Å². The summed E-state index contributed by atoms with van der Waals surface area (Å²) in [6, 6.07) is 2.14. The lowest BCUT2D eigenvalue weighted by molar-refractivity contribution is 0.0966. The van der Waals surface area contributed by atoms with Crippen molar-refractivity contribution in [2.45, 2.75) is 39.1 Å². The van der Waals surface area contributed by atoms with E-state index in [1.165, 1.54) is 0 Å². The SMILES string of the molecule is CCOCC(C(C)C)n1c(C(C)Cl)nc2cc(Br)cnc21. The second-order valence-electron chi connectivity index (χ2n) is 5.42. The van der Waals surface area contributed by atoms with E-state index in [0.29, 0.717) is 19.1 Å². The van der Waals surface area contributed by atoms with E-state index in [2.05, 4.69) is 44.3 Å². The normalized spacial score (nSPS) is 14.8. The van der Waals surface area contributed by atoms with E-state index in [1.54, 1.807) is 6.20 Å². The number of ether oxygens (including phenoxy) is 1. The molecule has 0 saturated carbocycles. The zero-order valence-electron chi connectivity index (χ0n) is 12.8. The Kier molecular flexibility index (Phi) is 5.63. The van der Waals surface area contributed by atoms with Gasteiger partial charge in [-0.15, -0.1) is 11.6 Å². The van der Waals surface area contributed by atoms with E-state index < -0.39 is 0 Å². The summed E-state index contributed by atoms with van der Waals surface area (Å²) in [4.78, 5) is 9.20. The van der Waals surface area contributed by atoms with E-state index >= 15 is 0 Å². The Bertz CT molecular complexity index is 612. The van der Waals surface area contributed by atoms with Crippen LogP contribution in [0.25, 0.3) is 11.2 Å². The van der Waals surface area contributed by atoms with Crippen LogP contribution in [-0.4, -0.2) is 27.7 Å². The first-order valence-corrected chi connectivity index (χ1v) is 8.43. The number of rotatable bonds is 6. The van der Waals surface area contributed by atoms with Crippen LogP contribution in [0.2, 0.25) is 0 Å². The zero-order valence-corrected chi connectivity index (χ0v) is 15.1. The summed E-state index contributed by atoms with van der Waals surface area (Å²) in [6.45, 7) is 9.62. The van der Waals surface area contributed by atoms with Crippen molar-refractivity contribution in [3.63, 3.8) is 0 Å². The Morgan fingerprint density at radius 2 is 2.10 bits per heavy atom. The van der Waals surface area contributed by atoms with Gasteiger partial charge in [0.05, 0.1) is 18.0 Å². The van der Waals surface area contributed by atoms with E-state index in [4.69, 9.17) is 16.3 Å². The maximum atomic E-state index is 6.34. The number of halogens is 2. The molecule has 0 aliphatic carbocycles. The smallest absolute Gasteiger partial charge is 0.160 e. The molecule has 2 aromatic heterocycles. The first kappa shape index (κ1) is 16.7. The van der Waals surface area contributed by atoms with Gasteiger partial charge >= 0.3 is 0 Å². The molecule has 2 unspecified atom stereocenters. The van der Waals surface area contributed by atoms with Crippen LogP contribution in [0.15, 0.2) is 16.7 Å². The summed E-state index contributed by atoms with van der Waals surface area (Å²) in [6.07, 6.45) is 1.79. The van der Waals surface area contributed by atoms with Crippen LogP contribution >= 0.6 is 27.5 Å². The average molecular weight is 375 g/mol. The second-order valence-corrected chi connectivity index (χ2v) is 6.99. The van der Waals surface area contributed by atoms with Gasteiger partial charge in [-0.3, -0.25) is 0 Å². The number of nitrogens with zero attached hydrogens (tertiary/aromatic N) is 3. The molecule has 0 saturated heterocycles. The monoisotopic (exact) mass is 373 g/mol. The van der Waals surface area contributed by atoms with Crippen molar-refractivity contribution in [1.29, 1.82) is 0 Å². The fourth-order valence-corrected chi connectivity index (χ4v) is 2.86. The minimum Gasteiger partial charge on any atom is -0.380 e. The standard InChI is InChI=1S/C15H21BrClN3O/c1-5-21-8-13(9(2)3)20-14(10(4)17)19-12-6-11(16)7-18-15(12)20/h6-7,9-10,13H,5,8H2,1-4H3. The Hall–Kier alpha value is -0.650. The third kappa shape index (κ3) is 3.58. The Morgan fingerprint density at radius 1 is 1.38 bits per heavy atom. The van der Waals surface area contributed by atoms with Gasteiger partial charge in [0.15, 0.2) is 5.65 Å². The molecule has 0 fully saturated rings. The molecular weight excluding hydrogens is 354 g/mol. The molecule has 0 radical (unpaired) electrons. The highest BCUT2D eigenvalue weighted by Crippen LogP contribution is 2.31. The van der Waals surface area contributed by atoms with Crippen LogP contribution in [0, 0.1) is 5.92 Å². The molecule has 0 N–H and O–H groups in total. The number of alkyl halides is 1. The zero-order chi connectivity index (χ0) is 15.6. The first-order valence-electron chi connectivity index (χ1n) is 7.20. The molecule has 2 atom stereocenters. The molecule has 116 valence electrons. The highest BCUT2D eigenvalue weighted by Gasteiger charge is 2.25. The van der Waals surface area contributed by atoms with Crippen molar-refractivity contribution in [3.8, 4) is 0 Å². The third-order valence-electron chi connectivity index (χ3n) is 3.47. The quantitative estimate of drug-likeness (QED) is 0.686. The molecule has 21 heavy (non-hydrogen) atoms. The van der Waals surface area contributed by atoms with Gasteiger partial charge < -0.3 is 9.30 Å². The highest BCUT2D eigenvalue weighted by molar-refractivity contribution is 9.10. The van der Waals surface area contributed by atoms with Crippen LogP contribution in [0.5, 0.6) is 0 Å². The second kappa shape index (κ2) is 7.07. The van der Waals surface area contributed by atoms with E-state index in [-0.39, 0.29) is 11.4 Å². The molecule has 0 bridgehead atoms. The van der Waals surface area contributed by atoms with Crippen LogP contribution in [0.4, 0.5) is 0 Å². The summed E-state index contributed by atoms with van der Waals surface area (Å²) in [5.74, 6) is 1.24. The van der Waals surface area contributed by atoms with Crippen molar-refractivity contribution in [2.75, 3.05) is 13.2 Å². The third-order valence-corrected chi connectivity index (χ3v) is 4.10. The van der Waals surface area contributed by atoms with E-state index in [0.717, 1.165) is 21.5 Å². The molecule has 2 aromatic rings. The number of aromatic nitrogens is 3. The van der Waals surface area contributed by atoms with Gasteiger partial charge in [0.25, 0.3) is 0 Å². The fraction of sp³-hybridized carbons (Fsp3) is 0.600. The van der Waals surface area contributed by atoms with Crippen molar-refractivity contribution < 1.29 is 4.74 Å². The maximum Gasteiger partial charge on any atom is 0.160 e. The molecule has 2 rings (SSSR count). The summed E-state index contributed by atoms with van der Waals surface area (Å²) in [5, 5.41) is -0.180. The summed E-state index contributed by atoms with van der Waals surface area (Å²) < 4.78 is 8.71. The number of imidazole rings is 1. The largest absolute Gasteiger partial charge is 0.380 e. The molecule has 0 aliphatic rings. The Labute approximate surface area is 139 Å². The topological polar surface area (TPSA) is 39.9 Å². The molecule has 2 heterocycles. The van der Waals surface area contributed by atoms with Crippen LogP contribution in [-0.2, 0) is 4.74 Å². The summed E-state index contributed by atoms with van der Waals surface area (Å²) in [7, 11) is 0. The predicted molar refractivity (Wildman–Crippen MR) is 89.9 cm³/mol. The number of fused-ring (bicyclic) bond motifs is 1. The van der Waals surface area contributed by atoms with Gasteiger partial charge in [0, 0.05) is 17.3 Å². The average Bonchev–Trinajstić information content (AvgIpc) is 2.77. The predicted octanol–water partition coefficient (Wildman–Crippen LogP) is 4.73. The van der Waals surface area contributed by atoms with Crippen LogP contribution in [0.1, 0.15) is 44.9 Å². The Morgan fingerprint density at radius 3 is 2.67 bits per heavy atom. The molecule has 0 amide bonds. The highest BCUT2D eigenvalue weighted by atomic mass is 79.9. The van der Waals surface area contributed by atoms with E-state index in [9.17, 15) is 0 Å². The molecule has 0 spiro atoms. The summed E-state index contributed by atoms with van der Waals surface area (Å²) >= 11 is 9.78. The molecule has 4 nitrogen and oxygen atoms in total. The lowest BCUT2D eigenvalue weighted by Gasteiger charge is -2.25. The number of pyridine rings is 1. The molecule has 6 heteroatoms. The lowest BCUT2D eigenvalue weighted by Crippen LogP contribution is -2.23. The van der Waals surface area contributed by atoms with Gasteiger partial charge in [-0.25, -0.2) is 9.97 Å². The van der Waals surface area contributed by atoms with Crippen LogP contribution < -0.4 is 0 Å². The number of hydrogen-bond acceptors (Lipinski definition) is 3. The maximum absolute atomic E-state index is 6.34. The van der Waals surface area contributed by atoms with Gasteiger partial charge in [0.2, 0.25) is 0 Å². The van der Waals surface area contributed by atoms with Crippen molar-refractivity contribution in [1.82, 2.24) is 14.5 Å². The van der Waals surface area contributed by atoms with E-state index in [1.807, 2.05) is 19.9 Å². The molecular formula is C15H21BrClN3O. The Balaban J connectivity index is 2.59. The minimum atomic E-state index is -0.180. The lowest BCUT2D eigenvalue weighted by atomic mass is 10.0. The van der Waals surface area contributed by atoms with Crippen LogP contribution in [0.3, 0.4) is 0 Å². The van der Waals surface area contributed by atoms with Gasteiger partial charge in [-0.1, -0.05) is 13.8 Å². The first-order chi connectivity index (χ1) is 9.95. The van der Waals surface area contributed by atoms with Gasteiger partial charge in [-0.2, -0.15) is 0 Å². The van der Waals surface area contributed by atoms with Gasteiger partial charge in [-0.05, 0) is 41.8 Å². The molecule has 0 aromatic carbocycles. The van der Waals surface area contributed by atoms with Gasteiger partial charge in [0.1, 0.15) is 11.3 Å². The number of hydrogen-bond donors (Lipinski definition) is 0.